The third-order valence-corrected chi connectivity index (χ3v) is 13.1. The number of hydrogen-bond donors (Lipinski definition) is 0. The van der Waals surface area contributed by atoms with E-state index in [1.54, 1.807) is 18.2 Å². The minimum atomic E-state index is -0.347. The summed E-state index contributed by atoms with van der Waals surface area (Å²) in [5.74, 6) is -0.946. The molecule has 0 saturated carbocycles. The van der Waals surface area contributed by atoms with E-state index in [1.807, 2.05) is 23.1 Å². The molecule has 0 fully saturated rings. The van der Waals surface area contributed by atoms with Gasteiger partial charge in [0.05, 0.1) is 16.6 Å². The lowest BCUT2D eigenvalue weighted by Crippen LogP contribution is -2.16. The molecule has 0 amide bonds. The molecule has 0 N–H and O–H groups in total. The van der Waals surface area contributed by atoms with Crippen molar-refractivity contribution in [1.29, 1.82) is 0 Å². The van der Waals surface area contributed by atoms with Gasteiger partial charge in [-0.3, -0.25) is 0 Å². The van der Waals surface area contributed by atoms with E-state index in [1.165, 1.54) is 80.2 Å². The van der Waals surface area contributed by atoms with E-state index in [2.05, 4.69) is 133 Å². The molecule has 1 aliphatic carbocycles. The van der Waals surface area contributed by atoms with Crippen molar-refractivity contribution in [3.8, 4) is 11.1 Å². The molecule has 2 aromatic heterocycles. The molecule has 11 aromatic rings. The highest BCUT2D eigenvalue weighted by molar-refractivity contribution is 6.30. The number of nitrogens with zero attached hydrogens (tertiary/aromatic N) is 3. The molecule has 298 valence electrons. The highest BCUT2D eigenvalue weighted by Crippen LogP contribution is 2.54. The normalized spacial score (nSPS) is 13.1. The van der Waals surface area contributed by atoms with Gasteiger partial charge in [0.2, 0.25) is 0 Å². The third-order valence-electron chi connectivity index (χ3n) is 13.1. The van der Waals surface area contributed by atoms with Crippen molar-refractivity contribution in [2.45, 2.75) is 26.2 Å². The highest BCUT2D eigenvalue weighted by Gasteiger charge is 2.37. The van der Waals surface area contributed by atoms with Crippen LogP contribution < -0.4 is 9.80 Å². The first-order chi connectivity index (χ1) is 30.1. The predicted molar refractivity (Wildman–Crippen MR) is 250 cm³/mol. The fourth-order valence-electron chi connectivity index (χ4n) is 10.3. The van der Waals surface area contributed by atoms with Gasteiger partial charge >= 0.3 is 0 Å². The van der Waals surface area contributed by atoms with E-state index in [9.17, 15) is 13.2 Å². The van der Waals surface area contributed by atoms with Crippen molar-refractivity contribution in [2.75, 3.05) is 9.80 Å². The van der Waals surface area contributed by atoms with Gasteiger partial charge in [-0.15, -0.1) is 0 Å². The fourth-order valence-corrected chi connectivity index (χ4v) is 10.3. The quantitative estimate of drug-likeness (QED) is 0.166. The first-order valence-electron chi connectivity index (χ1n) is 20.9. The molecule has 0 atom stereocenters. The van der Waals surface area contributed by atoms with E-state index in [-0.39, 0.29) is 22.9 Å². The van der Waals surface area contributed by atoms with E-state index in [4.69, 9.17) is 0 Å². The minimum absolute atomic E-state index is 0.266. The number of fused-ring (bicyclic) bond motifs is 12. The first-order valence-corrected chi connectivity index (χ1v) is 20.9. The number of aryl methyl sites for hydroxylation is 1. The first kappa shape index (κ1) is 36.3. The SMILES string of the molecule is Cc1cccc(N(c2ccc(F)cc2)c2ccc3c(c2)C(C)(C)c2ccc4c(ccc5c4c4cccc6c7ccc(N(c8ccc(F)cc8)c8cccc(F)c8)cc7n5c64)c2-3)c1. The number of rotatable bonds is 6. The second-order valence-electron chi connectivity index (χ2n) is 17.1. The fraction of sp³-hybridized carbons (Fsp3) is 0.0714. The molecular formula is C56H38F3N3. The molecule has 0 bridgehead atoms. The van der Waals surface area contributed by atoms with Crippen LogP contribution in [-0.2, 0) is 5.41 Å². The summed E-state index contributed by atoms with van der Waals surface area (Å²) in [6.07, 6.45) is 0. The molecule has 0 saturated heterocycles. The summed E-state index contributed by atoms with van der Waals surface area (Å²) < 4.78 is 45.5. The van der Waals surface area contributed by atoms with Crippen molar-refractivity contribution >= 4 is 83.0 Å². The van der Waals surface area contributed by atoms with Gasteiger partial charge in [-0.2, -0.15) is 0 Å². The topological polar surface area (TPSA) is 10.9 Å². The van der Waals surface area contributed by atoms with Crippen molar-refractivity contribution < 1.29 is 13.2 Å². The lowest BCUT2D eigenvalue weighted by molar-refractivity contribution is 0.627. The van der Waals surface area contributed by atoms with Crippen LogP contribution in [0.5, 0.6) is 0 Å². The lowest BCUT2D eigenvalue weighted by Gasteiger charge is -2.28. The second-order valence-corrected chi connectivity index (χ2v) is 17.1. The summed E-state index contributed by atoms with van der Waals surface area (Å²) in [4.78, 5) is 4.18. The Morgan fingerprint density at radius 2 is 1.00 bits per heavy atom. The predicted octanol–water partition coefficient (Wildman–Crippen LogP) is 16.0. The maximum Gasteiger partial charge on any atom is 0.125 e. The molecule has 0 unspecified atom stereocenters. The molecule has 62 heavy (non-hydrogen) atoms. The van der Waals surface area contributed by atoms with Gasteiger partial charge in [0.25, 0.3) is 0 Å². The van der Waals surface area contributed by atoms with Crippen LogP contribution in [-0.4, -0.2) is 4.40 Å². The number of benzene rings is 9. The number of para-hydroxylation sites is 1. The van der Waals surface area contributed by atoms with E-state index in [0.29, 0.717) is 5.69 Å². The van der Waals surface area contributed by atoms with Gasteiger partial charge in [-0.1, -0.05) is 80.6 Å². The summed E-state index contributed by atoms with van der Waals surface area (Å²) in [6.45, 7) is 6.71. The third kappa shape index (κ3) is 5.26. The van der Waals surface area contributed by atoms with Gasteiger partial charge in [0.15, 0.2) is 0 Å². The molecule has 12 rings (SSSR count). The zero-order valence-corrected chi connectivity index (χ0v) is 34.2. The largest absolute Gasteiger partial charge is 0.310 e. The molecule has 6 heteroatoms. The van der Waals surface area contributed by atoms with Crippen LogP contribution in [0.1, 0.15) is 30.5 Å². The zero-order chi connectivity index (χ0) is 42.0. The smallest absolute Gasteiger partial charge is 0.125 e. The zero-order valence-electron chi connectivity index (χ0n) is 34.2. The van der Waals surface area contributed by atoms with Gasteiger partial charge in [-0.05, 0) is 155 Å². The van der Waals surface area contributed by atoms with Crippen LogP contribution in [0.4, 0.5) is 47.3 Å². The van der Waals surface area contributed by atoms with Crippen LogP contribution in [0, 0.1) is 24.4 Å². The van der Waals surface area contributed by atoms with Gasteiger partial charge in [0.1, 0.15) is 17.5 Å². The molecule has 2 heterocycles. The Bertz CT molecular complexity index is 3610. The maximum atomic E-state index is 14.7. The number of halogens is 3. The van der Waals surface area contributed by atoms with Gasteiger partial charge in [0, 0.05) is 61.1 Å². The monoisotopic (exact) mass is 809 g/mol. The van der Waals surface area contributed by atoms with Crippen LogP contribution in [0.25, 0.3) is 60.0 Å². The van der Waals surface area contributed by atoms with Crippen molar-refractivity contribution in [1.82, 2.24) is 4.40 Å². The Morgan fingerprint density at radius 3 is 1.71 bits per heavy atom. The standard InChI is InChI=1S/C56H38F3N3/c1-33-7-4-9-39(29-33)60(37-17-13-34(57)14-18-37)41-22-24-47-50(31-41)56(2,3)49-27-25-45-44(53(47)49)26-28-51-54(45)48-12-6-11-46-43-23-21-42(32-52(43)62(51)55(46)48)61(38-19-15-35(58)16-20-38)40-10-5-8-36(59)30-40/h4-32H,1-3H3. The number of anilines is 6. The van der Waals surface area contributed by atoms with E-state index < -0.39 is 0 Å². The van der Waals surface area contributed by atoms with Crippen LogP contribution >= 0.6 is 0 Å². The molecule has 3 nitrogen and oxygen atoms in total. The van der Waals surface area contributed by atoms with Crippen LogP contribution in [0.2, 0.25) is 0 Å². The Kier molecular flexibility index (Phi) is 7.74. The Morgan fingerprint density at radius 1 is 0.419 bits per heavy atom. The minimum Gasteiger partial charge on any atom is -0.310 e. The summed E-state index contributed by atoms with van der Waals surface area (Å²) in [5.41, 5.74) is 14.3. The molecule has 0 radical (unpaired) electrons. The molecular weight excluding hydrogens is 772 g/mol. The Hall–Kier alpha value is -7.57. The summed E-state index contributed by atoms with van der Waals surface area (Å²) >= 11 is 0. The second kappa shape index (κ2) is 13.2. The van der Waals surface area contributed by atoms with Crippen molar-refractivity contribution in [3.05, 3.63) is 210 Å². The summed E-state index contributed by atoms with van der Waals surface area (Å²) in [6, 6.07) is 56.8. The number of hydrogen-bond acceptors (Lipinski definition) is 2. The average molecular weight is 810 g/mol. The summed E-state index contributed by atoms with van der Waals surface area (Å²) in [7, 11) is 0. The Labute approximate surface area is 356 Å². The average Bonchev–Trinajstić information content (AvgIpc) is 3.88. The maximum absolute atomic E-state index is 14.7. The van der Waals surface area contributed by atoms with Crippen molar-refractivity contribution in [3.63, 3.8) is 0 Å². The highest BCUT2D eigenvalue weighted by atomic mass is 19.1. The molecule has 9 aromatic carbocycles. The van der Waals surface area contributed by atoms with E-state index >= 15 is 0 Å². The van der Waals surface area contributed by atoms with E-state index in [0.717, 1.165) is 61.3 Å². The molecule has 0 aliphatic heterocycles. The van der Waals surface area contributed by atoms with Gasteiger partial charge < -0.3 is 14.2 Å². The lowest BCUT2D eigenvalue weighted by atomic mass is 9.81. The van der Waals surface area contributed by atoms with Crippen LogP contribution in [0.15, 0.2) is 176 Å². The van der Waals surface area contributed by atoms with Crippen molar-refractivity contribution in [2.24, 2.45) is 0 Å². The van der Waals surface area contributed by atoms with Crippen LogP contribution in [0.3, 0.4) is 0 Å². The molecule has 0 spiro atoms. The number of aromatic nitrogens is 1. The van der Waals surface area contributed by atoms with Gasteiger partial charge in [-0.25, -0.2) is 13.2 Å². The summed E-state index contributed by atoms with van der Waals surface area (Å²) in [5, 5.41) is 7.05. The Balaban J connectivity index is 1.05. The molecule has 1 aliphatic rings.